The topological polar surface area (TPSA) is 50.2 Å². The van der Waals surface area contributed by atoms with E-state index in [0.29, 0.717) is 11.5 Å². The molecule has 2 aromatic rings. The van der Waals surface area contributed by atoms with E-state index in [4.69, 9.17) is 0 Å². The number of carbonyl (C=O) groups is 1. The summed E-state index contributed by atoms with van der Waals surface area (Å²) in [7, 11) is 1.81. The Bertz CT molecular complexity index is 623. The summed E-state index contributed by atoms with van der Waals surface area (Å²) in [5.41, 5.74) is 1.98. The first-order chi connectivity index (χ1) is 10.7. The number of rotatable bonds is 5. The van der Waals surface area contributed by atoms with Gasteiger partial charge in [0.25, 0.3) is 5.91 Å². The van der Waals surface area contributed by atoms with Crippen LogP contribution >= 0.6 is 0 Å². The van der Waals surface area contributed by atoms with E-state index in [2.05, 4.69) is 39.6 Å². The minimum Gasteiger partial charge on any atom is -0.352 e. The molecule has 0 spiro atoms. The summed E-state index contributed by atoms with van der Waals surface area (Å²) in [5.74, 6) is 0.499. The lowest BCUT2D eigenvalue weighted by Crippen LogP contribution is -2.30. The van der Waals surface area contributed by atoms with E-state index in [1.54, 1.807) is 17.1 Å². The van der Waals surface area contributed by atoms with E-state index >= 15 is 0 Å². The smallest absolute Gasteiger partial charge is 0.254 e. The fourth-order valence-corrected chi connectivity index (χ4v) is 2.94. The molecule has 1 aromatic heterocycles. The molecule has 0 bridgehead atoms. The van der Waals surface area contributed by atoms with Gasteiger partial charge in [0, 0.05) is 32.9 Å². The number of nitrogens with zero attached hydrogens (tertiary/aromatic N) is 3. The van der Waals surface area contributed by atoms with E-state index in [9.17, 15) is 4.79 Å². The lowest BCUT2D eigenvalue weighted by Gasteiger charge is -2.16. The van der Waals surface area contributed by atoms with Gasteiger partial charge in [-0.2, -0.15) is 5.10 Å². The van der Waals surface area contributed by atoms with E-state index < -0.39 is 0 Å². The van der Waals surface area contributed by atoms with Crippen LogP contribution < -0.4 is 5.32 Å². The lowest BCUT2D eigenvalue weighted by molar-refractivity contribution is 0.0947. The van der Waals surface area contributed by atoms with Crippen LogP contribution in [0.2, 0.25) is 0 Å². The Labute approximate surface area is 130 Å². The van der Waals surface area contributed by atoms with Crippen molar-refractivity contribution >= 4 is 5.91 Å². The molecule has 0 radical (unpaired) electrons. The van der Waals surface area contributed by atoms with Gasteiger partial charge in [0.1, 0.15) is 0 Å². The molecule has 0 saturated carbocycles. The third kappa shape index (κ3) is 3.74. The third-order valence-corrected chi connectivity index (χ3v) is 4.14. The predicted octanol–water partition coefficient (Wildman–Crippen LogP) is 1.67. The molecule has 1 aliphatic rings. The van der Waals surface area contributed by atoms with Crippen LogP contribution in [0.3, 0.4) is 0 Å². The summed E-state index contributed by atoms with van der Waals surface area (Å²) in [4.78, 5) is 14.5. The van der Waals surface area contributed by atoms with E-state index in [1.807, 2.05) is 13.1 Å². The van der Waals surface area contributed by atoms with Crippen LogP contribution in [0.1, 0.15) is 22.3 Å². The average Bonchev–Trinajstić information content (AvgIpc) is 3.15. The normalized spacial score (nSPS) is 18.5. The zero-order valence-corrected chi connectivity index (χ0v) is 12.9. The summed E-state index contributed by atoms with van der Waals surface area (Å²) in [6.45, 7) is 3.87. The Morgan fingerprint density at radius 3 is 2.91 bits per heavy atom. The van der Waals surface area contributed by atoms with Crippen LogP contribution in [-0.4, -0.2) is 40.2 Å². The van der Waals surface area contributed by atoms with Crippen LogP contribution in [-0.2, 0) is 13.6 Å². The van der Waals surface area contributed by atoms with Crippen LogP contribution in [0, 0.1) is 5.92 Å². The van der Waals surface area contributed by atoms with Gasteiger partial charge in [0.15, 0.2) is 0 Å². The van der Waals surface area contributed by atoms with Crippen molar-refractivity contribution in [1.29, 1.82) is 0 Å². The zero-order valence-electron chi connectivity index (χ0n) is 12.9. The van der Waals surface area contributed by atoms with Gasteiger partial charge in [0.2, 0.25) is 0 Å². The lowest BCUT2D eigenvalue weighted by atomic mass is 10.1. The van der Waals surface area contributed by atoms with E-state index in [-0.39, 0.29) is 5.91 Å². The van der Waals surface area contributed by atoms with Gasteiger partial charge >= 0.3 is 0 Å². The van der Waals surface area contributed by atoms with Gasteiger partial charge in [-0.05, 0) is 24.4 Å². The molecule has 116 valence electrons. The van der Waals surface area contributed by atoms with Gasteiger partial charge in [-0.1, -0.05) is 30.3 Å². The number of benzene rings is 1. The Hall–Kier alpha value is -2.14. The molecule has 1 saturated heterocycles. The number of likely N-dealkylation sites (tertiary alicyclic amines) is 1. The summed E-state index contributed by atoms with van der Waals surface area (Å²) in [6, 6.07) is 10.5. The Balaban J connectivity index is 1.44. The van der Waals surface area contributed by atoms with Crippen molar-refractivity contribution in [2.75, 3.05) is 19.6 Å². The maximum atomic E-state index is 12.0. The number of amides is 1. The number of aryl methyl sites for hydroxylation is 1. The number of hydrogen-bond donors (Lipinski definition) is 1. The zero-order chi connectivity index (χ0) is 15.4. The van der Waals surface area contributed by atoms with Gasteiger partial charge in [-0.25, -0.2) is 0 Å². The van der Waals surface area contributed by atoms with Gasteiger partial charge in [-0.3, -0.25) is 14.4 Å². The fraction of sp³-hybridized carbons (Fsp3) is 0.412. The average molecular weight is 298 g/mol. The van der Waals surface area contributed by atoms with E-state index in [0.717, 1.165) is 32.6 Å². The molecule has 2 heterocycles. The summed E-state index contributed by atoms with van der Waals surface area (Å²) < 4.78 is 1.64. The highest BCUT2D eigenvalue weighted by Gasteiger charge is 2.23. The third-order valence-electron chi connectivity index (χ3n) is 4.14. The van der Waals surface area contributed by atoms with Gasteiger partial charge in [-0.15, -0.1) is 0 Å². The SMILES string of the molecule is Cn1cc(C(=O)NCC2CCN(Cc3ccccc3)C2)cn1. The molecule has 1 unspecified atom stereocenters. The van der Waals surface area contributed by atoms with Crippen LogP contribution in [0.15, 0.2) is 42.7 Å². The highest BCUT2D eigenvalue weighted by Crippen LogP contribution is 2.18. The quantitative estimate of drug-likeness (QED) is 0.913. The summed E-state index contributed by atoms with van der Waals surface area (Å²) >= 11 is 0. The number of aromatic nitrogens is 2. The molecule has 1 amide bonds. The highest BCUT2D eigenvalue weighted by molar-refractivity contribution is 5.93. The minimum atomic E-state index is -0.0328. The highest BCUT2D eigenvalue weighted by atomic mass is 16.1. The molecular weight excluding hydrogens is 276 g/mol. The van der Waals surface area contributed by atoms with Gasteiger partial charge in [0.05, 0.1) is 11.8 Å². The largest absolute Gasteiger partial charge is 0.352 e. The molecule has 5 nitrogen and oxygen atoms in total. The Morgan fingerprint density at radius 2 is 2.18 bits per heavy atom. The first-order valence-corrected chi connectivity index (χ1v) is 7.74. The first kappa shape index (κ1) is 14.8. The monoisotopic (exact) mass is 298 g/mol. The second kappa shape index (κ2) is 6.75. The first-order valence-electron chi connectivity index (χ1n) is 7.74. The maximum absolute atomic E-state index is 12.0. The standard InChI is InChI=1S/C17H22N4O/c1-20-13-16(10-19-20)17(22)18-9-15-7-8-21(12-15)11-14-5-3-2-4-6-14/h2-6,10,13,15H,7-9,11-12H2,1H3,(H,18,22). The Kier molecular flexibility index (Phi) is 4.53. The number of carbonyl (C=O) groups excluding carboxylic acids is 1. The van der Waals surface area contributed by atoms with Crippen LogP contribution in [0.25, 0.3) is 0 Å². The molecule has 1 atom stereocenters. The van der Waals surface area contributed by atoms with Crippen molar-refractivity contribution in [2.24, 2.45) is 13.0 Å². The molecule has 0 aliphatic carbocycles. The summed E-state index contributed by atoms with van der Waals surface area (Å²) in [6.07, 6.45) is 4.48. The second-order valence-corrected chi connectivity index (χ2v) is 5.99. The van der Waals surface area contributed by atoms with Crippen molar-refractivity contribution in [1.82, 2.24) is 20.0 Å². The predicted molar refractivity (Wildman–Crippen MR) is 85.4 cm³/mol. The van der Waals surface area contributed by atoms with Crippen molar-refractivity contribution in [3.8, 4) is 0 Å². The van der Waals surface area contributed by atoms with Crippen molar-refractivity contribution in [3.05, 3.63) is 53.9 Å². The van der Waals surface area contributed by atoms with Crippen molar-refractivity contribution in [2.45, 2.75) is 13.0 Å². The minimum absolute atomic E-state index is 0.0328. The molecule has 3 rings (SSSR count). The molecule has 1 fully saturated rings. The Morgan fingerprint density at radius 1 is 1.36 bits per heavy atom. The molecule has 1 aliphatic heterocycles. The number of hydrogen-bond acceptors (Lipinski definition) is 3. The van der Waals surface area contributed by atoms with Gasteiger partial charge < -0.3 is 5.32 Å². The summed E-state index contributed by atoms with van der Waals surface area (Å²) in [5, 5.41) is 7.04. The van der Waals surface area contributed by atoms with Crippen LogP contribution in [0.4, 0.5) is 0 Å². The van der Waals surface area contributed by atoms with E-state index in [1.165, 1.54) is 5.56 Å². The van der Waals surface area contributed by atoms with Crippen molar-refractivity contribution in [3.63, 3.8) is 0 Å². The maximum Gasteiger partial charge on any atom is 0.254 e. The second-order valence-electron chi connectivity index (χ2n) is 5.99. The molecule has 5 heteroatoms. The molecule has 1 N–H and O–H groups in total. The van der Waals surface area contributed by atoms with Crippen LogP contribution in [0.5, 0.6) is 0 Å². The fourth-order valence-electron chi connectivity index (χ4n) is 2.94. The molecular formula is C17H22N4O. The van der Waals surface area contributed by atoms with Crippen molar-refractivity contribution < 1.29 is 4.79 Å². The molecule has 1 aromatic carbocycles. The number of nitrogens with one attached hydrogen (secondary N) is 1. The molecule has 22 heavy (non-hydrogen) atoms.